The minimum atomic E-state index is -1.13. The van der Waals surface area contributed by atoms with Gasteiger partial charge < -0.3 is 5.11 Å². The number of pyridine rings is 1. The number of nitrogens with zero attached hydrogens (tertiary/aromatic N) is 4. The Hall–Kier alpha value is -3.02. The van der Waals surface area contributed by atoms with Crippen molar-refractivity contribution in [3.63, 3.8) is 0 Å². The van der Waals surface area contributed by atoms with Gasteiger partial charge in [-0.15, -0.1) is 10.2 Å². The van der Waals surface area contributed by atoms with Gasteiger partial charge in [0, 0.05) is 6.20 Å². The number of carbonyl (C=O) groups is 1. The standard InChI is InChI=1S/C15H12N4O2/c1-10-7-8-12-16-13(15(20)21)14(19(12)9-10)18-17-11-5-3-2-4-6-11/h2-9H,1H3,(H,20,21). The van der Waals surface area contributed by atoms with Crippen LogP contribution in [0.2, 0.25) is 0 Å². The lowest BCUT2D eigenvalue weighted by molar-refractivity contribution is 0.0692. The molecule has 0 saturated heterocycles. The van der Waals surface area contributed by atoms with Crippen LogP contribution in [0.1, 0.15) is 16.1 Å². The maximum absolute atomic E-state index is 11.3. The van der Waals surface area contributed by atoms with Crippen LogP contribution in [0.3, 0.4) is 0 Å². The van der Waals surface area contributed by atoms with E-state index in [2.05, 4.69) is 15.2 Å². The number of aryl methyl sites for hydroxylation is 1. The molecular weight excluding hydrogens is 268 g/mol. The van der Waals surface area contributed by atoms with E-state index in [1.165, 1.54) is 0 Å². The lowest BCUT2D eigenvalue weighted by Gasteiger charge is -1.98. The maximum atomic E-state index is 11.3. The molecule has 0 bridgehead atoms. The minimum absolute atomic E-state index is 0.111. The molecule has 21 heavy (non-hydrogen) atoms. The van der Waals surface area contributed by atoms with E-state index in [-0.39, 0.29) is 11.5 Å². The van der Waals surface area contributed by atoms with Crippen molar-refractivity contribution in [2.24, 2.45) is 10.2 Å². The molecule has 0 fully saturated rings. The average Bonchev–Trinajstić information content (AvgIpc) is 2.84. The number of imidazole rings is 1. The summed E-state index contributed by atoms with van der Waals surface area (Å²) in [4.78, 5) is 15.4. The summed E-state index contributed by atoms with van der Waals surface area (Å²) in [5.41, 5.74) is 2.05. The fraction of sp³-hybridized carbons (Fsp3) is 0.0667. The van der Waals surface area contributed by atoms with Crippen LogP contribution in [0, 0.1) is 6.92 Å². The van der Waals surface area contributed by atoms with Crippen LogP contribution in [0.5, 0.6) is 0 Å². The van der Waals surface area contributed by atoms with Crippen molar-refractivity contribution in [1.82, 2.24) is 9.38 Å². The number of hydrogen-bond donors (Lipinski definition) is 1. The van der Waals surface area contributed by atoms with Gasteiger partial charge in [-0.1, -0.05) is 24.3 Å². The maximum Gasteiger partial charge on any atom is 0.358 e. The molecule has 0 aliphatic rings. The van der Waals surface area contributed by atoms with Gasteiger partial charge in [0.05, 0.1) is 5.69 Å². The normalized spacial score (nSPS) is 11.3. The molecule has 0 saturated carbocycles. The number of fused-ring (bicyclic) bond motifs is 1. The van der Waals surface area contributed by atoms with E-state index in [0.717, 1.165) is 5.56 Å². The van der Waals surface area contributed by atoms with Crippen LogP contribution in [-0.2, 0) is 0 Å². The summed E-state index contributed by atoms with van der Waals surface area (Å²) in [6, 6.07) is 12.8. The molecule has 6 nitrogen and oxygen atoms in total. The van der Waals surface area contributed by atoms with Crippen molar-refractivity contribution in [1.29, 1.82) is 0 Å². The number of carboxylic acid groups (broad SMARTS) is 1. The largest absolute Gasteiger partial charge is 0.476 e. The molecule has 1 N–H and O–H groups in total. The smallest absolute Gasteiger partial charge is 0.358 e. The number of carboxylic acids is 1. The lowest BCUT2D eigenvalue weighted by Crippen LogP contribution is -1.96. The van der Waals surface area contributed by atoms with E-state index in [0.29, 0.717) is 11.3 Å². The molecule has 0 atom stereocenters. The average molecular weight is 280 g/mol. The zero-order valence-corrected chi connectivity index (χ0v) is 11.3. The Kier molecular flexibility index (Phi) is 3.19. The van der Waals surface area contributed by atoms with Crippen molar-refractivity contribution >= 4 is 23.1 Å². The van der Waals surface area contributed by atoms with Crippen LogP contribution in [0.4, 0.5) is 11.5 Å². The highest BCUT2D eigenvalue weighted by atomic mass is 16.4. The van der Waals surface area contributed by atoms with Gasteiger partial charge in [-0.25, -0.2) is 9.78 Å². The monoisotopic (exact) mass is 280 g/mol. The molecule has 0 unspecified atom stereocenters. The first kappa shape index (κ1) is 13.0. The van der Waals surface area contributed by atoms with Crippen LogP contribution in [-0.4, -0.2) is 20.5 Å². The molecule has 104 valence electrons. The first-order valence-corrected chi connectivity index (χ1v) is 6.34. The van der Waals surface area contributed by atoms with E-state index in [1.807, 2.05) is 31.2 Å². The number of azo groups is 1. The zero-order chi connectivity index (χ0) is 14.8. The van der Waals surface area contributed by atoms with E-state index in [4.69, 9.17) is 0 Å². The Bertz CT molecular complexity index is 838. The molecule has 0 radical (unpaired) electrons. The number of aromatic carboxylic acids is 1. The highest BCUT2D eigenvalue weighted by Crippen LogP contribution is 2.24. The second kappa shape index (κ2) is 5.16. The van der Waals surface area contributed by atoms with Gasteiger partial charge in [0.25, 0.3) is 0 Å². The first-order chi connectivity index (χ1) is 10.1. The van der Waals surface area contributed by atoms with Gasteiger partial charge >= 0.3 is 5.97 Å². The SMILES string of the molecule is Cc1ccc2nc(C(=O)O)c(N=Nc3ccccc3)n2c1. The lowest BCUT2D eigenvalue weighted by atomic mass is 10.3. The van der Waals surface area contributed by atoms with Crippen LogP contribution < -0.4 is 0 Å². The Morgan fingerprint density at radius 1 is 1.14 bits per heavy atom. The summed E-state index contributed by atoms with van der Waals surface area (Å²) in [5, 5.41) is 17.4. The third-order valence-corrected chi connectivity index (χ3v) is 2.96. The van der Waals surface area contributed by atoms with Gasteiger partial charge in [0.1, 0.15) is 5.65 Å². The van der Waals surface area contributed by atoms with E-state index in [1.54, 1.807) is 28.8 Å². The summed E-state index contributed by atoms with van der Waals surface area (Å²) in [5.74, 6) is -0.914. The van der Waals surface area contributed by atoms with Crippen molar-refractivity contribution in [3.8, 4) is 0 Å². The van der Waals surface area contributed by atoms with Crippen LogP contribution in [0.15, 0.2) is 58.9 Å². The molecule has 1 aromatic carbocycles. The van der Waals surface area contributed by atoms with Crippen molar-refractivity contribution in [2.45, 2.75) is 6.92 Å². The summed E-state index contributed by atoms with van der Waals surface area (Å²) >= 11 is 0. The van der Waals surface area contributed by atoms with Crippen molar-refractivity contribution < 1.29 is 9.90 Å². The summed E-state index contributed by atoms with van der Waals surface area (Å²) < 4.78 is 1.63. The van der Waals surface area contributed by atoms with E-state index in [9.17, 15) is 9.90 Å². The molecule has 2 aromatic heterocycles. The van der Waals surface area contributed by atoms with E-state index >= 15 is 0 Å². The molecule has 6 heteroatoms. The first-order valence-electron chi connectivity index (χ1n) is 6.34. The summed E-state index contributed by atoms with van der Waals surface area (Å²) in [6.07, 6.45) is 1.79. The summed E-state index contributed by atoms with van der Waals surface area (Å²) in [6.45, 7) is 1.91. The topological polar surface area (TPSA) is 79.3 Å². The molecule has 0 aliphatic heterocycles. The van der Waals surface area contributed by atoms with Crippen LogP contribution >= 0.6 is 0 Å². The minimum Gasteiger partial charge on any atom is -0.476 e. The van der Waals surface area contributed by atoms with Gasteiger partial charge in [-0.2, -0.15) is 0 Å². The molecule has 0 amide bonds. The van der Waals surface area contributed by atoms with Gasteiger partial charge in [-0.3, -0.25) is 4.40 Å². The number of rotatable bonds is 3. The van der Waals surface area contributed by atoms with Gasteiger partial charge in [0.2, 0.25) is 0 Å². The second-order valence-electron chi connectivity index (χ2n) is 4.56. The molecule has 0 aliphatic carbocycles. The molecule has 0 spiro atoms. The molecule has 2 heterocycles. The quantitative estimate of drug-likeness (QED) is 0.742. The molecular formula is C15H12N4O2. The number of benzene rings is 1. The fourth-order valence-electron chi connectivity index (χ4n) is 1.98. The highest BCUT2D eigenvalue weighted by Gasteiger charge is 2.18. The van der Waals surface area contributed by atoms with E-state index < -0.39 is 5.97 Å². The Balaban J connectivity index is 2.15. The fourth-order valence-corrected chi connectivity index (χ4v) is 1.98. The number of aromatic nitrogens is 2. The van der Waals surface area contributed by atoms with Crippen LogP contribution in [0.25, 0.3) is 5.65 Å². The Morgan fingerprint density at radius 2 is 1.90 bits per heavy atom. The summed E-state index contributed by atoms with van der Waals surface area (Å²) in [7, 11) is 0. The molecule has 3 aromatic rings. The Labute approximate surface area is 120 Å². The predicted molar refractivity (Wildman–Crippen MR) is 77.5 cm³/mol. The van der Waals surface area contributed by atoms with Crippen molar-refractivity contribution in [3.05, 3.63) is 59.9 Å². The third kappa shape index (κ3) is 2.51. The highest BCUT2D eigenvalue weighted by molar-refractivity contribution is 5.91. The van der Waals surface area contributed by atoms with Crippen molar-refractivity contribution in [2.75, 3.05) is 0 Å². The Morgan fingerprint density at radius 3 is 2.62 bits per heavy atom. The third-order valence-electron chi connectivity index (χ3n) is 2.96. The predicted octanol–water partition coefficient (Wildman–Crippen LogP) is 3.76. The van der Waals surface area contributed by atoms with Gasteiger partial charge in [0.15, 0.2) is 11.5 Å². The second-order valence-corrected chi connectivity index (χ2v) is 4.56. The van der Waals surface area contributed by atoms with Gasteiger partial charge in [-0.05, 0) is 30.7 Å². The zero-order valence-electron chi connectivity index (χ0n) is 11.3. The molecule has 3 rings (SSSR count). The number of hydrogen-bond acceptors (Lipinski definition) is 4.